The summed E-state index contributed by atoms with van der Waals surface area (Å²) < 4.78 is 14.6. The first kappa shape index (κ1) is 19.5. The number of aromatic carboxylic acids is 1. The molecule has 28 heavy (non-hydrogen) atoms. The zero-order valence-corrected chi connectivity index (χ0v) is 15.7. The number of carboxylic acids is 1. The molecule has 0 bridgehead atoms. The van der Waals surface area contributed by atoms with Crippen molar-refractivity contribution >= 4 is 23.6 Å². The molecule has 142 valence electrons. The SMILES string of the molecule is Cc1cc(-c2cc(C(=O)O)c(=O)n(C/C=C/c3ccc(Cl)cc3)n2)ccc1F. The molecule has 0 aliphatic heterocycles. The van der Waals surface area contributed by atoms with Gasteiger partial charge in [0.2, 0.25) is 0 Å². The third-order valence-corrected chi connectivity index (χ3v) is 4.37. The summed E-state index contributed by atoms with van der Waals surface area (Å²) in [5.41, 5.74) is 0.970. The largest absolute Gasteiger partial charge is 0.477 e. The van der Waals surface area contributed by atoms with Crippen LogP contribution in [0.15, 0.2) is 59.4 Å². The Labute approximate surface area is 165 Å². The van der Waals surface area contributed by atoms with Gasteiger partial charge in [-0.1, -0.05) is 35.9 Å². The van der Waals surface area contributed by atoms with Crippen LogP contribution in [0.2, 0.25) is 5.02 Å². The first-order valence-corrected chi connectivity index (χ1v) is 8.77. The van der Waals surface area contributed by atoms with Gasteiger partial charge in [0.05, 0.1) is 12.2 Å². The molecule has 3 aromatic rings. The van der Waals surface area contributed by atoms with E-state index in [0.717, 1.165) is 10.2 Å². The van der Waals surface area contributed by atoms with Crippen LogP contribution in [0.5, 0.6) is 0 Å². The molecule has 0 amide bonds. The third-order valence-electron chi connectivity index (χ3n) is 4.12. The van der Waals surface area contributed by atoms with E-state index in [1.54, 1.807) is 37.3 Å². The molecule has 5 nitrogen and oxygen atoms in total. The standard InChI is InChI=1S/C21H16ClFN2O3/c1-13-11-15(6-9-18(13)23)19-12-17(21(27)28)20(26)25(24-19)10-2-3-14-4-7-16(22)8-5-14/h2-9,11-12H,10H2,1H3,(H,27,28)/b3-2+. The maximum absolute atomic E-state index is 13.5. The number of allylic oxidation sites excluding steroid dienone is 1. The molecular weight excluding hydrogens is 383 g/mol. The lowest BCUT2D eigenvalue weighted by Gasteiger charge is -2.08. The van der Waals surface area contributed by atoms with Crippen molar-refractivity contribution in [3.8, 4) is 11.3 Å². The van der Waals surface area contributed by atoms with E-state index in [1.165, 1.54) is 18.2 Å². The Bertz CT molecular complexity index is 1120. The summed E-state index contributed by atoms with van der Waals surface area (Å²) in [6, 6.07) is 12.7. The smallest absolute Gasteiger partial charge is 0.341 e. The normalized spacial score (nSPS) is 11.1. The molecule has 0 saturated heterocycles. The number of hydrogen-bond donors (Lipinski definition) is 1. The summed E-state index contributed by atoms with van der Waals surface area (Å²) in [6.07, 6.45) is 3.47. The lowest BCUT2D eigenvalue weighted by atomic mass is 10.1. The number of carboxylic acid groups (broad SMARTS) is 1. The van der Waals surface area contributed by atoms with Gasteiger partial charge in [-0.15, -0.1) is 0 Å². The fourth-order valence-corrected chi connectivity index (χ4v) is 2.75. The van der Waals surface area contributed by atoms with E-state index in [0.29, 0.717) is 16.1 Å². The summed E-state index contributed by atoms with van der Waals surface area (Å²) in [5.74, 6) is -1.72. The monoisotopic (exact) mass is 398 g/mol. The maximum Gasteiger partial charge on any atom is 0.341 e. The van der Waals surface area contributed by atoms with Crippen molar-refractivity contribution in [3.05, 3.63) is 92.5 Å². The summed E-state index contributed by atoms with van der Waals surface area (Å²) >= 11 is 5.85. The van der Waals surface area contributed by atoms with E-state index in [9.17, 15) is 19.1 Å². The van der Waals surface area contributed by atoms with Gasteiger partial charge in [-0.25, -0.2) is 13.9 Å². The van der Waals surface area contributed by atoms with E-state index in [2.05, 4.69) is 5.10 Å². The molecule has 0 aliphatic rings. The van der Waals surface area contributed by atoms with Crippen LogP contribution in [-0.4, -0.2) is 20.9 Å². The van der Waals surface area contributed by atoms with Crippen LogP contribution in [0.4, 0.5) is 4.39 Å². The quantitative estimate of drug-likeness (QED) is 0.690. The van der Waals surface area contributed by atoms with E-state index in [1.807, 2.05) is 12.1 Å². The molecule has 0 aliphatic carbocycles. The highest BCUT2D eigenvalue weighted by atomic mass is 35.5. The Kier molecular flexibility index (Phi) is 5.70. The molecule has 0 radical (unpaired) electrons. The van der Waals surface area contributed by atoms with Gasteiger partial charge in [-0.3, -0.25) is 4.79 Å². The predicted molar refractivity (Wildman–Crippen MR) is 106 cm³/mol. The predicted octanol–water partition coefficient (Wildman–Crippen LogP) is 4.42. The highest BCUT2D eigenvalue weighted by Gasteiger charge is 2.15. The second kappa shape index (κ2) is 8.19. The second-order valence-corrected chi connectivity index (χ2v) is 6.59. The van der Waals surface area contributed by atoms with Crippen LogP contribution in [0.25, 0.3) is 17.3 Å². The van der Waals surface area contributed by atoms with Gasteiger partial charge in [0.1, 0.15) is 11.4 Å². The van der Waals surface area contributed by atoms with E-state index >= 15 is 0 Å². The first-order chi connectivity index (χ1) is 13.3. The van der Waals surface area contributed by atoms with Gasteiger partial charge in [0.15, 0.2) is 0 Å². The molecule has 2 aromatic carbocycles. The molecule has 0 unspecified atom stereocenters. The highest BCUT2D eigenvalue weighted by Crippen LogP contribution is 2.20. The number of halogens is 2. The van der Waals surface area contributed by atoms with Gasteiger partial charge in [0.25, 0.3) is 5.56 Å². The summed E-state index contributed by atoms with van der Waals surface area (Å²) in [4.78, 5) is 23.9. The summed E-state index contributed by atoms with van der Waals surface area (Å²) in [5, 5.41) is 14.2. The highest BCUT2D eigenvalue weighted by molar-refractivity contribution is 6.30. The van der Waals surface area contributed by atoms with Gasteiger partial charge in [-0.05, 0) is 54.4 Å². The molecule has 1 aromatic heterocycles. The van der Waals surface area contributed by atoms with Crippen LogP contribution in [-0.2, 0) is 6.54 Å². The fourth-order valence-electron chi connectivity index (χ4n) is 2.63. The molecule has 1 N–H and O–H groups in total. The third kappa shape index (κ3) is 4.35. The van der Waals surface area contributed by atoms with Gasteiger partial charge in [0, 0.05) is 10.6 Å². The zero-order valence-electron chi connectivity index (χ0n) is 14.9. The minimum absolute atomic E-state index is 0.0791. The molecule has 0 fully saturated rings. The molecule has 3 rings (SSSR count). The number of rotatable bonds is 5. The minimum atomic E-state index is -1.34. The molecule has 0 spiro atoms. The summed E-state index contributed by atoms with van der Waals surface area (Å²) in [6.45, 7) is 1.68. The van der Waals surface area contributed by atoms with Crippen molar-refractivity contribution in [2.24, 2.45) is 0 Å². The minimum Gasteiger partial charge on any atom is -0.477 e. The number of aryl methyl sites for hydroxylation is 1. The number of nitrogens with zero attached hydrogens (tertiary/aromatic N) is 2. The molecular formula is C21H16ClFN2O3. The first-order valence-electron chi connectivity index (χ1n) is 8.39. The number of carbonyl (C=O) groups is 1. The maximum atomic E-state index is 13.5. The Morgan fingerprint density at radius 1 is 1.21 bits per heavy atom. The van der Waals surface area contributed by atoms with Crippen molar-refractivity contribution < 1.29 is 14.3 Å². The average molecular weight is 399 g/mol. The van der Waals surface area contributed by atoms with Crippen molar-refractivity contribution in [1.29, 1.82) is 0 Å². The van der Waals surface area contributed by atoms with Gasteiger partial charge >= 0.3 is 5.97 Å². The number of benzene rings is 2. The van der Waals surface area contributed by atoms with Crippen LogP contribution in [0, 0.1) is 12.7 Å². The van der Waals surface area contributed by atoms with Crippen molar-refractivity contribution in [1.82, 2.24) is 9.78 Å². The Morgan fingerprint density at radius 3 is 2.57 bits per heavy atom. The van der Waals surface area contributed by atoms with Crippen molar-refractivity contribution in [2.75, 3.05) is 0 Å². The van der Waals surface area contributed by atoms with Gasteiger partial charge < -0.3 is 5.11 Å². The van der Waals surface area contributed by atoms with E-state index < -0.39 is 17.1 Å². The average Bonchev–Trinajstić information content (AvgIpc) is 2.66. The van der Waals surface area contributed by atoms with Crippen LogP contribution < -0.4 is 5.56 Å². The Hall–Kier alpha value is -3.25. The molecule has 1 heterocycles. The van der Waals surface area contributed by atoms with Crippen LogP contribution >= 0.6 is 11.6 Å². The van der Waals surface area contributed by atoms with Crippen molar-refractivity contribution in [3.63, 3.8) is 0 Å². The lowest BCUT2D eigenvalue weighted by molar-refractivity contribution is 0.0694. The van der Waals surface area contributed by atoms with E-state index in [4.69, 9.17) is 11.6 Å². The second-order valence-electron chi connectivity index (χ2n) is 6.15. The summed E-state index contributed by atoms with van der Waals surface area (Å²) in [7, 11) is 0. The van der Waals surface area contributed by atoms with Crippen LogP contribution in [0.3, 0.4) is 0 Å². The number of hydrogen-bond acceptors (Lipinski definition) is 3. The van der Waals surface area contributed by atoms with Gasteiger partial charge in [-0.2, -0.15) is 5.10 Å². The molecule has 7 heteroatoms. The zero-order chi connectivity index (χ0) is 20.3. The Balaban J connectivity index is 1.98. The molecule has 0 saturated carbocycles. The molecule has 0 atom stereocenters. The van der Waals surface area contributed by atoms with E-state index in [-0.39, 0.29) is 18.1 Å². The fraction of sp³-hybridized carbons (Fsp3) is 0.0952. The lowest BCUT2D eigenvalue weighted by Crippen LogP contribution is -2.28. The topological polar surface area (TPSA) is 72.2 Å². The number of aromatic nitrogens is 2. The Morgan fingerprint density at radius 2 is 1.93 bits per heavy atom. The van der Waals surface area contributed by atoms with Crippen molar-refractivity contribution in [2.45, 2.75) is 13.5 Å². The van der Waals surface area contributed by atoms with Crippen LogP contribution in [0.1, 0.15) is 21.5 Å².